The number of nitriles is 1. The maximum absolute atomic E-state index is 15.3. The van der Waals surface area contributed by atoms with Gasteiger partial charge in [-0.2, -0.15) is 5.26 Å². The summed E-state index contributed by atoms with van der Waals surface area (Å²) in [6.45, 7) is 1.82. The first-order valence-electron chi connectivity index (χ1n) is 9.39. The molecule has 0 atom stereocenters. The minimum atomic E-state index is -0.598. The third-order valence-electron chi connectivity index (χ3n) is 5.41. The van der Waals surface area contributed by atoms with E-state index < -0.39 is 11.2 Å². The number of ether oxygens (including phenoxy) is 1. The number of methoxy groups -OCH3 is 1. The Morgan fingerprint density at radius 3 is 2.80 bits per heavy atom. The lowest BCUT2D eigenvalue weighted by Gasteiger charge is -2.18. The van der Waals surface area contributed by atoms with Crippen molar-refractivity contribution in [2.75, 3.05) is 7.11 Å². The first-order chi connectivity index (χ1) is 14.5. The van der Waals surface area contributed by atoms with Gasteiger partial charge in [0, 0.05) is 17.9 Å². The lowest BCUT2D eigenvalue weighted by Crippen LogP contribution is -2.12. The molecular formula is C22H16FN3O3S. The van der Waals surface area contributed by atoms with Gasteiger partial charge in [0.05, 0.1) is 23.6 Å². The third kappa shape index (κ3) is 2.52. The molecule has 1 aromatic carbocycles. The van der Waals surface area contributed by atoms with Crippen LogP contribution in [-0.2, 0) is 0 Å². The number of fused-ring (bicyclic) bond motifs is 2. The second kappa shape index (κ2) is 6.54. The number of aryl methyl sites for hydroxylation is 1. The molecule has 1 saturated carbocycles. The summed E-state index contributed by atoms with van der Waals surface area (Å²) in [7, 11) is 1.45. The lowest BCUT2D eigenvalue weighted by molar-refractivity contribution is 0.416. The fourth-order valence-electron chi connectivity index (χ4n) is 3.98. The van der Waals surface area contributed by atoms with E-state index in [1.165, 1.54) is 13.2 Å². The van der Waals surface area contributed by atoms with Crippen molar-refractivity contribution in [3.63, 3.8) is 0 Å². The Bertz CT molecular complexity index is 1460. The molecule has 1 fully saturated rings. The van der Waals surface area contributed by atoms with Crippen LogP contribution in [0.25, 0.3) is 32.2 Å². The van der Waals surface area contributed by atoms with E-state index in [0.29, 0.717) is 15.9 Å². The number of pyridine rings is 2. The average molecular weight is 421 g/mol. The van der Waals surface area contributed by atoms with E-state index in [1.807, 2.05) is 17.6 Å². The lowest BCUT2D eigenvalue weighted by atomic mass is 10.00. The Labute approximate surface area is 174 Å². The van der Waals surface area contributed by atoms with Gasteiger partial charge < -0.3 is 14.4 Å². The molecule has 3 heterocycles. The van der Waals surface area contributed by atoms with Crippen LogP contribution in [0.2, 0.25) is 0 Å². The topological polar surface area (TPSA) is 88.1 Å². The van der Waals surface area contributed by atoms with Gasteiger partial charge in [-0.25, -0.2) is 4.39 Å². The molecule has 0 spiro atoms. The summed E-state index contributed by atoms with van der Waals surface area (Å²) in [5.41, 5.74) is 1.55. The molecule has 150 valence electrons. The number of nitrogens with zero attached hydrogens (tertiary/aromatic N) is 3. The maximum Gasteiger partial charge on any atom is 0.202 e. The highest BCUT2D eigenvalue weighted by molar-refractivity contribution is 7.19. The van der Waals surface area contributed by atoms with E-state index in [9.17, 15) is 15.2 Å². The molecular weight excluding hydrogens is 405 g/mol. The standard InChI is InChI=1S/C22H16FN3O3S/c1-10-7-11(5-6-25-10)16-14(23)8-13-18(21(16)29-2)26(12-3-4-12)22-17(19(13)27)20(28)15(9-24)30-22/h5-8,12,28H,3-4H2,1-2H3. The normalized spacial score (nSPS) is 13.7. The van der Waals surface area contributed by atoms with Gasteiger partial charge in [-0.1, -0.05) is 0 Å². The molecule has 5 rings (SSSR count). The fraction of sp³-hybridized carbons (Fsp3) is 0.227. The van der Waals surface area contributed by atoms with E-state index in [2.05, 4.69) is 4.98 Å². The summed E-state index contributed by atoms with van der Waals surface area (Å²) >= 11 is 1.07. The Morgan fingerprint density at radius 1 is 1.40 bits per heavy atom. The molecule has 0 radical (unpaired) electrons. The first-order valence-corrected chi connectivity index (χ1v) is 10.2. The number of hydrogen-bond acceptors (Lipinski definition) is 6. The van der Waals surface area contributed by atoms with Crippen LogP contribution in [0.5, 0.6) is 11.5 Å². The SMILES string of the molecule is COc1c(-c2ccnc(C)c2)c(F)cc2c(=O)c3c(O)c(C#N)sc3n(C3CC3)c12. The fourth-order valence-corrected chi connectivity index (χ4v) is 5.04. The molecule has 6 nitrogen and oxygen atoms in total. The highest BCUT2D eigenvalue weighted by Crippen LogP contribution is 2.48. The monoisotopic (exact) mass is 421 g/mol. The van der Waals surface area contributed by atoms with Gasteiger partial charge in [-0.05, 0) is 43.5 Å². The van der Waals surface area contributed by atoms with Crippen molar-refractivity contribution in [2.45, 2.75) is 25.8 Å². The van der Waals surface area contributed by atoms with Crippen LogP contribution in [0.1, 0.15) is 29.5 Å². The van der Waals surface area contributed by atoms with Crippen LogP contribution in [-0.4, -0.2) is 21.8 Å². The molecule has 0 aliphatic heterocycles. The third-order valence-corrected chi connectivity index (χ3v) is 6.49. The van der Waals surface area contributed by atoms with E-state index in [4.69, 9.17) is 4.74 Å². The van der Waals surface area contributed by atoms with Crippen molar-refractivity contribution in [3.8, 4) is 28.7 Å². The highest BCUT2D eigenvalue weighted by atomic mass is 32.1. The smallest absolute Gasteiger partial charge is 0.202 e. The Morgan fingerprint density at radius 2 is 2.17 bits per heavy atom. The second-order valence-corrected chi connectivity index (χ2v) is 8.35. The Balaban J connectivity index is 2.02. The predicted octanol–water partition coefficient (Wildman–Crippen LogP) is 4.65. The average Bonchev–Trinajstić information content (AvgIpc) is 3.50. The van der Waals surface area contributed by atoms with Crippen LogP contribution in [0.3, 0.4) is 0 Å². The van der Waals surface area contributed by atoms with Crippen molar-refractivity contribution in [2.24, 2.45) is 0 Å². The van der Waals surface area contributed by atoms with Crippen molar-refractivity contribution >= 4 is 32.5 Å². The molecule has 0 amide bonds. The van der Waals surface area contributed by atoms with Crippen LogP contribution in [0.15, 0.2) is 29.2 Å². The number of benzene rings is 1. The summed E-state index contributed by atoms with van der Waals surface area (Å²) in [5, 5.41) is 20.0. The molecule has 1 aliphatic rings. The van der Waals surface area contributed by atoms with Crippen LogP contribution in [0.4, 0.5) is 4.39 Å². The minimum Gasteiger partial charge on any atom is -0.505 e. The van der Waals surface area contributed by atoms with E-state index >= 15 is 4.39 Å². The van der Waals surface area contributed by atoms with Gasteiger partial charge >= 0.3 is 0 Å². The molecule has 0 saturated heterocycles. The highest BCUT2D eigenvalue weighted by Gasteiger charge is 2.32. The predicted molar refractivity (Wildman–Crippen MR) is 113 cm³/mol. The quantitative estimate of drug-likeness (QED) is 0.520. The summed E-state index contributed by atoms with van der Waals surface area (Å²) in [6.07, 6.45) is 3.37. The molecule has 3 aromatic heterocycles. The zero-order valence-corrected chi connectivity index (χ0v) is 17.0. The molecule has 0 bridgehead atoms. The number of halogens is 1. The summed E-state index contributed by atoms with van der Waals surface area (Å²) in [6, 6.07) is 6.69. The minimum absolute atomic E-state index is 0.0601. The molecule has 1 N–H and O–H groups in total. The van der Waals surface area contributed by atoms with Crippen LogP contribution >= 0.6 is 11.3 Å². The number of rotatable bonds is 3. The Kier molecular flexibility index (Phi) is 4.05. The van der Waals surface area contributed by atoms with Gasteiger partial charge in [0.15, 0.2) is 11.5 Å². The van der Waals surface area contributed by atoms with Crippen molar-refractivity contribution < 1.29 is 14.2 Å². The molecule has 0 unspecified atom stereocenters. The van der Waals surface area contributed by atoms with Gasteiger partial charge in [0.2, 0.25) is 5.43 Å². The molecule has 30 heavy (non-hydrogen) atoms. The number of hydrogen-bond donors (Lipinski definition) is 1. The summed E-state index contributed by atoms with van der Waals surface area (Å²) < 4.78 is 22.9. The second-order valence-electron chi connectivity index (χ2n) is 7.35. The van der Waals surface area contributed by atoms with E-state index in [1.54, 1.807) is 18.3 Å². The van der Waals surface area contributed by atoms with Crippen LogP contribution < -0.4 is 10.2 Å². The summed E-state index contributed by atoms with van der Waals surface area (Å²) in [5.74, 6) is -0.682. The number of thiophene rings is 1. The largest absolute Gasteiger partial charge is 0.505 e. The van der Waals surface area contributed by atoms with E-state index in [-0.39, 0.29) is 38.8 Å². The van der Waals surface area contributed by atoms with Gasteiger partial charge in [-0.15, -0.1) is 11.3 Å². The van der Waals surface area contributed by atoms with Gasteiger partial charge in [0.1, 0.15) is 27.0 Å². The number of aromatic nitrogens is 2. The molecule has 8 heteroatoms. The first kappa shape index (κ1) is 18.6. The zero-order valence-electron chi connectivity index (χ0n) is 16.2. The Hall–Kier alpha value is -3.44. The zero-order chi connectivity index (χ0) is 21.2. The van der Waals surface area contributed by atoms with E-state index in [0.717, 1.165) is 29.9 Å². The summed E-state index contributed by atoms with van der Waals surface area (Å²) in [4.78, 5) is 18.0. The van der Waals surface area contributed by atoms with Crippen molar-refractivity contribution in [3.05, 3.63) is 51.0 Å². The molecule has 1 aliphatic carbocycles. The van der Waals surface area contributed by atoms with Gasteiger partial charge in [0.25, 0.3) is 0 Å². The van der Waals surface area contributed by atoms with Crippen molar-refractivity contribution in [1.29, 1.82) is 5.26 Å². The number of aromatic hydroxyl groups is 1. The van der Waals surface area contributed by atoms with Gasteiger partial charge in [-0.3, -0.25) is 9.78 Å². The maximum atomic E-state index is 15.3. The molecule has 4 aromatic rings. The van der Waals surface area contributed by atoms with Crippen molar-refractivity contribution in [1.82, 2.24) is 9.55 Å². The van der Waals surface area contributed by atoms with Crippen LogP contribution in [0, 0.1) is 24.1 Å².